The van der Waals surface area contributed by atoms with Gasteiger partial charge in [0.25, 0.3) is 0 Å². The Morgan fingerprint density at radius 1 is 1.05 bits per heavy atom. The van der Waals surface area contributed by atoms with Crippen molar-refractivity contribution in [1.82, 2.24) is 0 Å². The van der Waals surface area contributed by atoms with Crippen molar-refractivity contribution >= 4 is 5.78 Å². The lowest BCUT2D eigenvalue weighted by atomic mass is 10.1. The third kappa shape index (κ3) is 4.38. The van der Waals surface area contributed by atoms with E-state index in [1.54, 1.807) is 12.1 Å². The summed E-state index contributed by atoms with van der Waals surface area (Å²) in [5.74, 6) is -1.70. The van der Waals surface area contributed by atoms with E-state index in [1.165, 1.54) is 5.56 Å². The molecule has 2 rings (SSSR count). The van der Waals surface area contributed by atoms with E-state index in [-0.39, 0.29) is 18.1 Å². The number of hydrogen-bond donors (Lipinski definition) is 0. The Morgan fingerprint density at radius 2 is 1.67 bits per heavy atom. The lowest BCUT2D eigenvalue weighted by Crippen LogP contribution is -2.11. The Kier molecular flexibility index (Phi) is 5.04. The Labute approximate surface area is 122 Å². The molecule has 0 aliphatic rings. The molecule has 0 radical (unpaired) electrons. The Morgan fingerprint density at radius 3 is 2.24 bits per heavy atom. The number of halogens is 2. The van der Waals surface area contributed by atoms with Crippen molar-refractivity contribution in [3.8, 4) is 5.75 Å². The molecule has 0 N–H and O–H groups in total. The minimum atomic E-state index is -0.735. The molecule has 0 aromatic heterocycles. The molecule has 2 aromatic rings. The Balaban J connectivity index is 1.97. The summed E-state index contributed by atoms with van der Waals surface area (Å²) in [6.45, 7) is 1.83. The number of aryl methyl sites for hydroxylation is 1. The predicted molar refractivity (Wildman–Crippen MR) is 76.6 cm³/mol. The quantitative estimate of drug-likeness (QED) is 0.746. The number of carbonyl (C=O) groups excluding carboxylic acids is 1. The Hall–Kier alpha value is -2.23. The number of benzene rings is 2. The molecule has 0 bridgehead atoms. The highest BCUT2D eigenvalue weighted by molar-refractivity contribution is 5.97. The number of carbonyl (C=O) groups is 1. The van der Waals surface area contributed by atoms with Crippen LogP contribution in [0.5, 0.6) is 5.75 Å². The molecule has 0 unspecified atom stereocenters. The molecule has 0 fully saturated rings. The smallest absolute Gasteiger partial charge is 0.200 e. The molecule has 21 heavy (non-hydrogen) atoms. The summed E-state index contributed by atoms with van der Waals surface area (Å²) in [6.07, 6.45) is 2.01. The van der Waals surface area contributed by atoms with Gasteiger partial charge in [-0.05, 0) is 12.0 Å². The van der Waals surface area contributed by atoms with E-state index < -0.39 is 11.6 Å². The van der Waals surface area contributed by atoms with Crippen molar-refractivity contribution in [1.29, 1.82) is 0 Å². The number of ketones is 1. The monoisotopic (exact) mass is 290 g/mol. The zero-order chi connectivity index (χ0) is 15.2. The highest BCUT2D eigenvalue weighted by Crippen LogP contribution is 2.16. The molecular formula is C17H16F2O2. The first-order chi connectivity index (χ1) is 10.1. The molecule has 0 spiro atoms. The molecule has 0 atom stereocenters. The zero-order valence-electron chi connectivity index (χ0n) is 11.7. The van der Waals surface area contributed by atoms with E-state index in [2.05, 4.69) is 6.92 Å². The second-order valence-electron chi connectivity index (χ2n) is 4.76. The van der Waals surface area contributed by atoms with Crippen LogP contribution in [0.1, 0.15) is 29.3 Å². The van der Waals surface area contributed by atoms with Crippen molar-refractivity contribution in [2.24, 2.45) is 0 Å². The lowest BCUT2D eigenvalue weighted by molar-refractivity contribution is 0.0921. The van der Waals surface area contributed by atoms with Gasteiger partial charge >= 0.3 is 0 Å². The van der Waals surface area contributed by atoms with Gasteiger partial charge in [0.05, 0.1) is 0 Å². The minimum absolute atomic E-state index is 0.00320. The molecule has 0 saturated heterocycles. The SMILES string of the molecule is CCCc1ccc(C(=O)COc2cc(F)cc(F)c2)cc1. The summed E-state index contributed by atoms with van der Waals surface area (Å²) in [6, 6.07) is 10.1. The van der Waals surface area contributed by atoms with Crippen molar-refractivity contribution in [2.45, 2.75) is 19.8 Å². The van der Waals surface area contributed by atoms with Crippen molar-refractivity contribution in [2.75, 3.05) is 6.61 Å². The summed E-state index contributed by atoms with van der Waals surface area (Å²) in [7, 11) is 0. The topological polar surface area (TPSA) is 26.3 Å². The van der Waals surface area contributed by atoms with Gasteiger partial charge in [-0.1, -0.05) is 37.6 Å². The fourth-order valence-electron chi connectivity index (χ4n) is 1.99. The molecule has 2 nitrogen and oxygen atoms in total. The highest BCUT2D eigenvalue weighted by atomic mass is 19.1. The third-order valence-electron chi connectivity index (χ3n) is 3.02. The van der Waals surface area contributed by atoms with Gasteiger partial charge in [-0.2, -0.15) is 0 Å². The Bertz CT molecular complexity index is 601. The van der Waals surface area contributed by atoms with E-state index in [0.717, 1.165) is 31.0 Å². The van der Waals surface area contributed by atoms with Crippen molar-refractivity contribution in [3.05, 3.63) is 65.2 Å². The molecule has 0 heterocycles. The van der Waals surface area contributed by atoms with E-state index in [9.17, 15) is 13.6 Å². The van der Waals surface area contributed by atoms with E-state index in [4.69, 9.17) is 4.74 Å². The fraction of sp³-hybridized carbons (Fsp3) is 0.235. The summed E-state index contributed by atoms with van der Waals surface area (Å²) in [4.78, 5) is 11.9. The van der Waals surface area contributed by atoms with Crippen LogP contribution in [0.4, 0.5) is 8.78 Å². The molecule has 0 aliphatic heterocycles. The van der Waals surface area contributed by atoms with Crippen LogP contribution in [0.15, 0.2) is 42.5 Å². The largest absolute Gasteiger partial charge is 0.485 e. The average Bonchev–Trinajstić information content (AvgIpc) is 2.45. The molecule has 110 valence electrons. The molecule has 0 aliphatic carbocycles. The van der Waals surface area contributed by atoms with Crippen LogP contribution in [-0.2, 0) is 6.42 Å². The molecule has 0 saturated carbocycles. The van der Waals surface area contributed by atoms with Gasteiger partial charge < -0.3 is 4.74 Å². The number of ether oxygens (including phenoxy) is 1. The van der Waals surface area contributed by atoms with Crippen molar-refractivity contribution in [3.63, 3.8) is 0 Å². The third-order valence-corrected chi connectivity index (χ3v) is 3.02. The number of Topliss-reactive ketones (excluding diaryl/α,β-unsaturated/α-hetero) is 1. The summed E-state index contributed by atoms with van der Waals surface area (Å²) in [5.41, 5.74) is 1.69. The van der Waals surface area contributed by atoms with Crippen LogP contribution in [-0.4, -0.2) is 12.4 Å². The lowest BCUT2D eigenvalue weighted by Gasteiger charge is -2.06. The standard InChI is InChI=1S/C17H16F2O2/c1-2-3-12-4-6-13(7-5-12)17(20)11-21-16-9-14(18)8-15(19)10-16/h4-10H,2-3,11H2,1H3. The maximum Gasteiger partial charge on any atom is 0.200 e. The normalized spacial score (nSPS) is 10.4. The number of rotatable bonds is 6. The second-order valence-corrected chi connectivity index (χ2v) is 4.76. The molecule has 2 aromatic carbocycles. The molecule has 4 heteroatoms. The molecule has 0 amide bonds. The summed E-state index contributed by atoms with van der Waals surface area (Å²) >= 11 is 0. The fourth-order valence-corrected chi connectivity index (χ4v) is 1.99. The first kappa shape index (κ1) is 15.2. The summed E-state index contributed by atoms with van der Waals surface area (Å²) < 4.78 is 31.1. The van der Waals surface area contributed by atoms with E-state index in [1.807, 2.05) is 12.1 Å². The van der Waals surface area contributed by atoms with Gasteiger partial charge in [-0.25, -0.2) is 8.78 Å². The van der Waals surface area contributed by atoms with Gasteiger partial charge in [0.1, 0.15) is 17.4 Å². The first-order valence-corrected chi connectivity index (χ1v) is 6.79. The van der Waals surface area contributed by atoms with Gasteiger partial charge in [-0.3, -0.25) is 4.79 Å². The van der Waals surface area contributed by atoms with Gasteiger partial charge in [0, 0.05) is 23.8 Å². The average molecular weight is 290 g/mol. The molecular weight excluding hydrogens is 274 g/mol. The minimum Gasteiger partial charge on any atom is -0.485 e. The summed E-state index contributed by atoms with van der Waals surface area (Å²) in [5, 5.41) is 0. The maximum absolute atomic E-state index is 13.0. The van der Waals surface area contributed by atoms with Crippen LogP contribution in [0.25, 0.3) is 0 Å². The zero-order valence-corrected chi connectivity index (χ0v) is 11.7. The first-order valence-electron chi connectivity index (χ1n) is 6.79. The van der Waals surface area contributed by atoms with Gasteiger partial charge in [-0.15, -0.1) is 0 Å². The van der Waals surface area contributed by atoms with Crippen LogP contribution in [0.2, 0.25) is 0 Å². The maximum atomic E-state index is 13.0. The van der Waals surface area contributed by atoms with Crippen LogP contribution in [0.3, 0.4) is 0 Å². The highest BCUT2D eigenvalue weighted by Gasteiger charge is 2.08. The van der Waals surface area contributed by atoms with Crippen LogP contribution >= 0.6 is 0 Å². The number of hydrogen-bond acceptors (Lipinski definition) is 2. The van der Waals surface area contributed by atoms with Gasteiger partial charge in [0.2, 0.25) is 0 Å². The van der Waals surface area contributed by atoms with E-state index >= 15 is 0 Å². The van der Waals surface area contributed by atoms with Crippen LogP contribution < -0.4 is 4.74 Å². The second kappa shape index (κ2) is 6.97. The van der Waals surface area contributed by atoms with Crippen LogP contribution in [0, 0.1) is 11.6 Å². The van der Waals surface area contributed by atoms with E-state index in [0.29, 0.717) is 5.56 Å². The van der Waals surface area contributed by atoms with Crippen molar-refractivity contribution < 1.29 is 18.3 Å². The predicted octanol–water partition coefficient (Wildman–Crippen LogP) is 4.18. The van der Waals surface area contributed by atoms with Gasteiger partial charge in [0.15, 0.2) is 12.4 Å².